The normalized spacial score (nSPS) is 11.8. The van der Waals surface area contributed by atoms with Gasteiger partial charge in [0.05, 0.1) is 29.2 Å². The molecular weight excluding hydrogens is 1840 g/mol. The summed E-state index contributed by atoms with van der Waals surface area (Å²) < 4.78 is 47.1. The highest BCUT2D eigenvalue weighted by Crippen LogP contribution is 2.34. The van der Waals surface area contributed by atoms with Crippen molar-refractivity contribution in [2.24, 2.45) is 25.9 Å². The topological polar surface area (TPSA) is 210 Å². The van der Waals surface area contributed by atoms with E-state index in [9.17, 15) is 23.3 Å². The summed E-state index contributed by atoms with van der Waals surface area (Å²) in [5.74, 6) is 7.94. The molecule has 16 nitrogen and oxygen atoms in total. The Morgan fingerprint density at radius 2 is 1.21 bits per heavy atom. The number of thiophene rings is 3. The molecule has 13 aromatic rings. The van der Waals surface area contributed by atoms with Crippen LogP contribution in [0.15, 0.2) is 264 Å². The highest BCUT2D eigenvalue weighted by molar-refractivity contribution is 9.10. The number of furan rings is 2. The molecule has 131 heavy (non-hydrogen) atoms. The first-order valence-electron chi connectivity index (χ1n) is 45.6. The van der Waals surface area contributed by atoms with Crippen LogP contribution in [0.4, 0.5) is 5.00 Å². The van der Waals surface area contributed by atoms with E-state index in [-0.39, 0.29) is 21.7 Å². The van der Waals surface area contributed by atoms with E-state index in [0.29, 0.717) is 70.9 Å². The fourth-order valence-corrected chi connectivity index (χ4v) is 17.5. The minimum atomic E-state index is -4.18. The number of para-hydroxylation sites is 1. The molecule has 0 aliphatic heterocycles. The molecule has 0 bridgehead atoms. The Morgan fingerprint density at radius 3 is 1.55 bits per heavy atom. The molecule has 0 fully saturated rings. The van der Waals surface area contributed by atoms with Gasteiger partial charge in [-0.3, -0.25) is 33.7 Å². The van der Waals surface area contributed by atoms with Crippen molar-refractivity contribution in [3.05, 3.63) is 336 Å². The predicted molar refractivity (Wildman–Crippen MR) is 567 cm³/mol. The number of halogens is 2. The monoisotopic (exact) mass is 1990 g/mol. The average molecular weight is 1990 g/mol. The van der Waals surface area contributed by atoms with Gasteiger partial charge in [0.2, 0.25) is 11.0 Å². The summed E-state index contributed by atoms with van der Waals surface area (Å²) in [5.41, 5.74) is 20.6. The molecule has 0 saturated heterocycles. The van der Waals surface area contributed by atoms with Crippen LogP contribution in [-0.2, 0) is 30.6 Å². The molecule has 0 amide bonds. The molecule has 15 rings (SSSR count). The van der Waals surface area contributed by atoms with E-state index in [4.69, 9.17) is 13.4 Å². The zero-order valence-corrected chi connectivity index (χ0v) is 90.5. The number of fused-ring (bicyclic) bond motifs is 2. The highest BCUT2D eigenvalue weighted by atomic mass is 79.9. The van der Waals surface area contributed by atoms with Crippen molar-refractivity contribution in [2.75, 3.05) is 0 Å². The molecule has 0 spiro atoms. The van der Waals surface area contributed by atoms with Crippen LogP contribution in [0.25, 0.3) is 17.0 Å². The molecular formula is C109H152Br2N8O8S4. The number of nitro groups is 1. The Labute approximate surface area is 815 Å². The molecule has 22 heteroatoms. The van der Waals surface area contributed by atoms with Crippen molar-refractivity contribution in [2.45, 2.75) is 291 Å². The van der Waals surface area contributed by atoms with Crippen LogP contribution < -0.4 is 0 Å². The minimum absolute atomic E-state index is 0.0677. The molecule has 2 aliphatic carbocycles. The number of nitrogens with zero attached hydrogens (tertiary/aromatic N) is 7. The summed E-state index contributed by atoms with van der Waals surface area (Å²) in [5, 5.41) is 19.6. The largest absolute Gasteiger partial charge is 0.472 e. The molecule has 0 radical (unpaired) electrons. The van der Waals surface area contributed by atoms with E-state index < -0.39 is 15.2 Å². The van der Waals surface area contributed by atoms with Crippen LogP contribution in [0.1, 0.15) is 353 Å². The quantitative estimate of drug-likeness (QED) is 0.0427. The standard InChI is InChI=1S/C13H15NO.C12H14.C10H16.2C8H10BrN.C8H13N.C8H12S.C7H12N2.C7H9NO2S.C7H11N.C7H10O4S.C7H10O.C7H10S/c1-9(2)12-8-14(10(3)15)13-7-5-4-6-11(12)13;1-9(2)12-7-10-5-3-4-6-11(10)8-12;1-7(2)10-6-8(3)5-9(10)4;1-6(2)7-3-4-10-5-8(7)9;1-6(2)7-4-3-5-10-8(7)9;1-7(2)8-5-4-6-9(8)3;1-6(2)8-7(3)4-5-9-8;1-6(2)7-4-8-9(3)5-7;1-5(2)6-3-4-7(11-6)8(9)10;1-6(2)7-4-3-5-8-7;1-5(2)6-3-4-7(11-6)12(8,9)10;1-6(2)7-3-4-8-5-7;1-6(2)7-4-3-5-8-7/h4-9H,1-3H3;3-7,9H,8H2,1-2H3;5,7H,6H2,1-4H3;2*3-6H,1-2H3;4-7H,1-3H3;2*4-6H,1-3H3;3-5H,1-2H3;3-6,8H,1-2H3;3-5H,1-2H3,(H,8,9,10);2*3-6H,1-2H3. The van der Waals surface area contributed by atoms with Gasteiger partial charge in [0.1, 0.15) is 10.4 Å². The van der Waals surface area contributed by atoms with Gasteiger partial charge >= 0.3 is 15.1 Å². The lowest BCUT2D eigenvalue weighted by Gasteiger charge is -2.07. The number of aromatic amines is 1. The van der Waals surface area contributed by atoms with E-state index in [1.807, 2.05) is 148 Å². The molecule has 2 N–H and O–H groups in total. The number of rotatable bonds is 15. The second-order valence-corrected chi connectivity index (χ2v) is 42.5. The highest BCUT2D eigenvalue weighted by Gasteiger charge is 2.19. The Hall–Kier alpha value is -9.13. The van der Waals surface area contributed by atoms with Gasteiger partial charge in [0.15, 0.2) is 0 Å². The smallest absolute Gasteiger partial charge is 0.328 e. The fraction of sp³-hybridized carbons (Fsp3) is 0.431. The van der Waals surface area contributed by atoms with Gasteiger partial charge in [0.25, 0.3) is 0 Å². The molecule has 11 heterocycles. The van der Waals surface area contributed by atoms with Gasteiger partial charge in [-0.25, -0.2) is 4.98 Å². The van der Waals surface area contributed by atoms with E-state index in [1.165, 1.54) is 112 Å². The van der Waals surface area contributed by atoms with Gasteiger partial charge in [0, 0.05) is 112 Å². The summed E-state index contributed by atoms with van der Waals surface area (Å²) in [6.07, 6.45) is 25.9. The zero-order valence-electron chi connectivity index (χ0n) is 84.1. The summed E-state index contributed by atoms with van der Waals surface area (Å²) >= 11 is 11.8. The van der Waals surface area contributed by atoms with Crippen molar-refractivity contribution in [3.63, 3.8) is 0 Å². The van der Waals surface area contributed by atoms with Crippen LogP contribution in [0.3, 0.4) is 0 Å². The first kappa shape index (κ1) is 116. The third-order valence-electron chi connectivity index (χ3n) is 21.0. The maximum Gasteiger partial charge on any atom is 0.328 e. The van der Waals surface area contributed by atoms with Crippen LogP contribution in [0.2, 0.25) is 0 Å². The Morgan fingerprint density at radius 1 is 0.565 bits per heavy atom. The maximum atomic E-state index is 11.5. The number of nitrogens with one attached hydrogen (secondary N) is 1. The number of carbonyl (C=O) groups excluding carboxylic acids is 1. The van der Waals surface area contributed by atoms with Gasteiger partial charge in [-0.2, -0.15) is 13.5 Å². The Bertz CT molecular complexity index is 5420. The number of allylic oxidation sites excluding steroid dienone is 5. The lowest BCUT2D eigenvalue weighted by atomic mass is 9.98. The summed E-state index contributed by atoms with van der Waals surface area (Å²) in [4.78, 5) is 36.7. The second kappa shape index (κ2) is 59.5. The summed E-state index contributed by atoms with van der Waals surface area (Å²) in [6.45, 7) is 64.2. The van der Waals surface area contributed by atoms with Gasteiger partial charge in [-0.05, 0) is 271 Å². The van der Waals surface area contributed by atoms with Gasteiger partial charge < -0.3 is 18.4 Å². The number of hydrogen-bond acceptors (Lipinski definition) is 13. The molecule has 0 atom stereocenters. The van der Waals surface area contributed by atoms with Gasteiger partial charge in [-0.15, -0.1) is 22.7 Å². The second-order valence-electron chi connectivity index (χ2n) is 36.5. The molecule has 0 saturated carbocycles. The van der Waals surface area contributed by atoms with Crippen LogP contribution in [0.5, 0.6) is 0 Å². The third-order valence-corrected chi connectivity index (χ3v) is 26.8. The average Bonchev–Trinajstić information content (AvgIpc) is 1.64. The lowest BCUT2D eigenvalue weighted by molar-refractivity contribution is -0.380. The fourth-order valence-electron chi connectivity index (χ4n) is 13.1. The number of pyridine rings is 2. The molecule has 714 valence electrons. The van der Waals surface area contributed by atoms with E-state index in [1.54, 1.807) is 47.4 Å². The van der Waals surface area contributed by atoms with Crippen molar-refractivity contribution in [1.82, 2.24) is 33.9 Å². The number of benzene rings is 2. The summed E-state index contributed by atoms with van der Waals surface area (Å²) in [6, 6.07) is 45.7. The van der Waals surface area contributed by atoms with E-state index >= 15 is 0 Å². The first-order valence-corrected chi connectivity index (χ1v) is 51.2. The number of H-pyrrole nitrogens is 1. The van der Waals surface area contributed by atoms with Crippen molar-refractivity contribution < 1.29 is 31.5 Å². The maximum absolute atomic E-state index is 11.5. The number of hydrogen-bond donors (Lipinski definition) is 2. The van der Waals surface area contributed by atoms with Crippen LogP contribution in [-0.4, -0.2) is 57.7 Å². The van der Waals surface area contributed by atoms with Crippen LogP contribution in [0, 0.1) is 28.9 Å². The van der Waals surface area contributed by atoms with E-state index in [2.05, 4.69) is 339 Å². The Kier molecular flexibility index (Phi) is 52.7. The Balaban J connectivity index is 0.000000367. The molecule has 11 aromatic heterocycles. The zero-order chi connectivity index (χ0) is 98.7. The van der Waals surface area contributed by atoms with Crippen molar-refractivity contribution >= 4 is 104 Å². The lowest BCUT2D eigenvalue weighted by Crippen LogP contribution is -2.02. The SMILES string of the molecule is CC(=O)n1cc(C(C)C)c2ccccc21.CC(C)C1=Cc2ccccc2C1.CC(C)c1ccc(S(=O)(=O)O)o1.CC(C)c1ccc([N+](=O)[O-])s1.CC(C)c1ccc[nH]1.CC(C)c1cccn1C.CC(C)c1cccnc1Br.CC(C)c1cccs1.CC(C)c1ccncc1Br.CC(C)c1ccoc1.CC(C)c1cnn(C)c1.CC1=CC(C)=C(C(C)C)C1.Cc1ccsc1C(C)C. The van der Waals surface area contributed by atoms with Gasteiger partial charge in [-0.1, -0.05) is 280 Å². The molecule has 2 aromatic carbocycles. The number of aryl methyl sites for hydroxylation is 3. The number of carbonyl (C=O) groups is 1. The minimum Gasteiger partial charge on any atom is -0.472 e. The molecule has 2 aliphatic rings. The molecule has 0 unspecified atom stereocenters. The van der Waals surface area contributed by atoms with Crippen molar-refractivity contribution in [3.8, 4) is 0 Å². The number of aromatic nitrogens is 7. The summed E-state index contributed by atoms with van der Waals surface area (Å²) in [7, 11) is -0.167. The van der Waals surface area contributed by atoms with Crippen molar-refractivity contribution in [1.29, 1.82) is 0 Å². The van der Waals surface area contributed by atoms with E-state index in [0.717, 1.165) is 31.8 Å². The predicted octanol–water partition coefficient (Wildman–Crippen LogP) is 34.7. The first-order chi connectivity index (χ1) is 61.5. The van der Waals surface area contributed by atoms with Crippen LogP contribution >= 0.6 is 65.9 Å². The third kappa shape index (κ3) is 42.3.